The number of oxazole rings is 1. The minimum atomic E-state index is -0.880. The van der Waals surface area contributed by atoms with Crippen LogP contribution in [0, 0.1) is 20.2 Å². The summed E-state index contributed by atoms with van der Waals surface area (Å²) >= 11 is 0. The highest BCUT2D eigenvalue weighted by atomic mass is 16.6. The van der Waals surface area contributed by atoms with Crippen molar-refractivity contribution in [3.63, 3.8) is 0 Å². The summed E-state index contributed by atoms with van der Waals surface area (Å²) in [5.41, 5.74) is -0.112. The van der Waals surface area contributed by atoms with Gasteiger partial charge in [0.05, 0.1) is 15.4 Å². The van der Waals surface area contributed by atoms with Gasteiger partial charge in [0.2, 0.25) is 0 Å². The van der Waals surface area contributed by atoms with E-state index in [0.717, 1.165) is 12.1 Å². The lowest BCUT2D eigenvalue weighted by molar-refractivity contribution is -0.665. The number of hydrogen-bond donors (Lipinski definition) is 0. The highest BCUT2D eigenvalue weighted by Crippen LogP contribution is 2.26. The zero-order chi connectivity index (χ0) is 19.7. The summed E-state index contributed by atoms with van der Waals surface area (Å²) in [7, 11) is 1.44. The molecule has 0 aliphatic carbocycles. The van der Waals surface area contributed by atoms with Crippen LogP contribution in [0.5, 0.6) is 5.95 Å². The lowest BCUT2D eigenvalue weighted by Crippen LogP contribution is -2.36. The maximum Gasteiger partial charge on any atom is 0.276 e. The first kappa shape index (κ1) is 17.7. The number of ketones is 1. The van der Waals surface area contributed by atoms with Crippen molar-refractivity contribution in [2.45, 2.75) is 0 Å². The molecule has 0 atom stereocenters. The first-order valence-corrected chi connectivity index (χ1v) is 7.53. The summed E-state index contributed by atoms with van der Waals surface area (Å²) in [5, 5.41) is 33.6. The molecule has 27 heavy (non-hydrogen) atoms. The molecule has 0 amide bonds. The predicted molar refractivity (Wildman–Crippen MR) is 87.9 cm³/mol. The van der Waals surface area contributed by atoms with Crippen LogP contribution < -0.4 is 9.67 Å². The Kier molecular flexibility index (Phi) is 4.38. The third-order valence-electron chi connectivity index (χ3n) is 3.90. The Hall–Kier alpha value is -4.08. The summed E-state index contributed by atoms with van der Waals surface area (Å²) in [6.45, 7) is 0. The van der Waals surface area contributed by atoms with E-state index in [1.54, 1.807) is 0 Å². The minimum Gasteiger partial charge on any atom is -0.540 e. The maximum absolute atomic E-state index is 12.6. The molecule has 0 N–H and O–H groups in total. The molecule has 0 saturated carbocycles. The molecule has 3 aromatic rings. The molecule has 10 nitrogen and oxygen atoms in total. The van der Waals surface area contributed by atoms with E-state index in [4.69, 9.17) is 4.42 Å². The van der Waals surface area contributed by atoms with E-state index in [-0.39, 0.29) is 28.5 Å². The number of rotatable bonds is 5. The summed E-state index contributed by atoms with van der Waals surface area (Å²) < 4.78 is 6.39. The van der Waals surface area contributed by atoms with E-state index in [1.807, 2.05) is 0 Å². The fraction of sp³-hybridized carbons (Fsp3) is 0.0588. The fourth-order valence-corrected chi connectivity index (χ4v) is 2.54. The van der Waals surface area contributed by atoms with Crippen molar-refractivity contribution in [1.82, 2.24) is 0 Å². The van der Waals surface area contributed by atoms with Crippen LogP contribution in [0.3, 0.4) is 0 Å². The van der Waals surface area contributed by atoms with Crippen molar-refractivity contribution >= 4 is 17.2 Å². The van der Waals surface area contributed by atoms with Gasteiger partial charge in [-0.1, -0.05) is 0 Å². The average Bonchev–Trinajstić information content (AvgIpc) is 2.95. The number of aromatic nitrogens is 1. The molecule has 10 heteroatoms. The van der Waals surface area contributed by atoms with Crippen molar-refractivity contribution in [1.29, 1.82) is 0 Å². The van der Waals surface area contributed by atoms with Crippen LogP contribution in [0.1, 0.15) is 16.1 Å². The smallest absolute Gasteiger partial charge is 0.276 e. The number of carbonyl (C=O) groups excluding carboxylic acids is 1. The van der Waals surface area contributed by atoms with Gasteiger partial charge in [-0.25, -0.2) is 0 Å². The van der Waals surface area contributed by atoms with Gasteiger partial charge in [-0.2, -0.15) is 4.57 Å². The van der Waals surface area contributed by atoms with Crippen LogP contribution in [0.15, 0.2) is 52.9 Å². The van der Waals surface area contributed by atoms with Crippen molar-refractivity contribution in [2.75, 3.05) is 0 Å². The molecule has 0 aliphatic rings. The lowest BCUT2D eigenvalue weighted by Gasteiger charge is -1.99. The first-order valence-electron chi connectivity index (χ1n) is 7.53. The number of hydrogen-bond acceptors (Lipinski definition) is 7. The van der Waals surface area contributed by atoms with Gasteiger partial charge in [0.15, 0.2) is 0 Å². The summed E-state index contributed by atoms with van der Waals surface area (Å²) in [4.78, 5) is 32.9. The largest absolute Gasteiger partial charge is 0.540 e. The normalized spacial score (nSPS) is 10.6. The Labute approximate surface area is 151 Å². The molecular weight excluding hydrogens is 358 g/mol. The van der Waals surface area contributed by atoms with E-state index in [1.165, 1.54) is 48.0 Å². The molecule has 0 aliphatic heterocycles. The van der Waals surface area contributed by atoms with Gasteiger partial charge in [-0.3, -0.25) is 25.0 Å². The third kappa shape index (κ3) is 3.23. The molecule has 1 aromatic heterocycles. The van der Waals surface area contributed by atoms with Gasteiger partial charge in [-0.05, 0) is 24.3 Å². The number of benzene rings is 2. The fourth-order valence-electron chi connectivity index (χ4n) is 2.54. The molecule has 0 bridgehead atoms. The van der Waals surface area contributed by atoms with Crippen LogP contribution in [0.25, 0.3) is 11.5 Å². The van der Waals surface area contributed by atoms with Gasteiger partial charge in [0.1, 0.15) is 13.0 Å². The number of carbonyl (C=O) groups is 1. The second kappa shape index (κ2) is 6.67. The van der Waals surface area contributed by atoms with Crippen LogP contribution in [0.4, 0.5) is 11.4 Å². The zero-order valence-electron chi connectivity index (χ0n) is 13.8. The summed E-state index contributed by atoms with van der Waals surface area (Å²) in [5.74, 6) is -1.48. The Balaban J connectivity index is 1.99. The summed E-state index contributed by atoms with van der Waals surface area (Å²) in [6.07, 6.45) is 0. The van der Waals surface area contributed by atoms with E-state index in [9.17, 15) is 30.1 Å². The maximum atomic E-state index is 12.6. The van der Waals surface area contributed by atoms with Gasteiger partial charge >= 0.3 is 0 Å². The molecule has 3 rings (SSSR count). The highest BCUT2D eigenvalue weighted by Gasteiger charge is 2.27. The Morgan fingerprint density at radius 3 is 1.89 bits per heavy atom. The lowest BCUT2D eigenvalue weighted by atomic mass is 10.1. The molecule has 0 radical (unpaired) electrons. The molecule has 1 heterocycles. The van der Waals surface area contributed by atoms with Crippen molar-refractivity contribution in [2.24, 2.45) is 7.05 Å². The number of non-ortho nitro benzene ring substituents is 2. The van der Waals surface area contributed by atoms with E-state index in [2.05, 4.69) is 0 Å². The molecule has 136 valence electrons. The van der Waals surface area contributed by atoms with Gasteiger partial charge in [-0.15, -0.1) is 0 Å². The van der Waals surface area contributed by atoms with Crippen molar-refractivity contribution < 1.29 is 28.7 Å². The number of nitro benzene ring substituents is 2. The highest BCUT2D eigenvalue weighted by molar-refractivity contribution is 6.08. The standard InChI is InChI=1S/C17H11N3O7/c1-18-14(15(21)10-2-6-12(7-3-10)19(23)24)17(22)27-16(18)11-4-8-13(9-5-11)20(25)26/h2-9H,1H3. The zero-order valence-corrected chi connectivity index (χ0v) is 13.8. The quantitative estimate of drug-likeness (QED) is 0.289. The van der Waals surface area contributed by atoms with Crippen LogP contribution in [0.2, 0.25) is 0 Å². The topological polar surface area (TPSA) is 143 Å². The van der Waals surface area contributed by atoms with Gasteiger partial charge < -0.3 is 9.52 Å². The van der Waals surface area contributed by atoms with Crippen LogP contribution >= 0.6 is 0 Å². The van der Waals surface area contributed by atoms with Gasteiger partial charge in [0.25, 0.3) is 28.7 Å². The minimum absolute atomic E-state index is 0.0557. The average molecular weight is 369 g/mol. The molecular formula is C17H11N3O7. The van der Waals surface area contributed by atoms with E-state index >= 15 is 0 Å². The Morgan fingerprint density at radius 1 is 0.926 bits per heavy atom. The Bertz CT molecular complexity index is 1050. The van der Waals surface area contributed by atoms with Crippen molar-refractivity contribution in [3.8, 4) is 17.4 Å². The first-order chi connectivity index (χ1) is 12.8. The van der Waals surface area contributed by atoms with E-state index in [0.29, 0.717) is 5.56 Å². The second-order valence-corrected chi connectivity index (χ2v) is 5.54. The second-order valence-electron chi connectivity index (χ2n) is 5.54. The number of nitro groups is 2. The summed E-state index contributed by atoms with van der Waals surface area (Å²) in [6, 6.07) is 10.1. The van der Waals surface area contributed by atoms with Crippen LogP contribution in [-0.2, 0) is 7.05 Å². The van der Waals surface area contributed by atoms with Crippen molar-refractivity contribution in [3.05, 3.63) is 80.0 Å². The van der Waals surface area contributed by atoms with E-state index < -0.39 is 21.6 Å². The number of nitrogens with zero attached hydrogens (tertiary/aromatic N) is 3. The SMILES string of the molecule is C[n+]1c(-c2ccc([N+](=O)[O-])cc2)oc([O-])c1C(=O)c1ccc([N+](=O)[O-])cc1. The molecule has 0 unspecified atom stereocenters. The third-order valence-corrected chi connectivity index (χ3v) is 3.90. The molecule has 2 aromatic carbocycles. The Morgan fingerprint density at radius 2 is 1.41 bits per heavy atom. The molecule has 0 saturated heterocycles. The molecule has 0 fully saturated rings. The van der Waals surface area contributed by atoms with Gasteiger partial charge in [0, 0.05) is 29.8 Å². The molecule has 0 spiro atoms. The monoisotopic (exact) mass is 369 g/mol. The van der Waals surface area contributed by atoms with Crippen LogP contribution in [-0.4, -0.2) is 15.6 Å². The predicted octanol–water partition coefficient (Wildman–Crippen LogP) is 1.89.